The fourth-order valence-corrected chi connectivity index (χ4v) is 4.40. The van der Waals surface area contributed by atoms with Gasteiger partial charge in [0.25, 0.3) is 0 Å². The molecule has 23 heavy (non-hydrogen) atoms. The predicted molar refractivity (Wildman–Crippen MR) is 101 cm³/mol. The second-order valence-electron chi connectivity index (χ2n) is 7.92. The quantitative estimate of drug-likeness (QED) is 0.563. The predicted octanol–water partition coefficient (Wildman–Crippen LogP) is 5.30. The Morgan fingerprint density at radius 2 is 1.74 bits per heavy atom. The van der Waals surface area contributed by atoms with Crippen molar-refractivity contribution < 1.29 is 4.79 Å². The largest absolute Gasteiger partial charge is 0.312 e. The number of carbonyl (C=O) groups excluding carboxylic acids is 1. The van der Waals surface area contributed by atoms with Crippen molar-refractivity contribution in [2.75, 3.05) is 0 Å². The minimum Gasteiger partial charge on any atom is -0.312 e. The Morgan fingerprint density at radius 1 is 1.17 bits per heavy atom. The van der Waals surface area contributed by atoms with Crippen LogP contribution in [0.3, 0.4) is 0 Å². The third-order valence-electron chi connectivity index (χ3n) is 5.05. The maximum atomic E-state index is 12.2. The average molecular weight is 320 g/mol. The van der Waals surface area contributed by atoms with Gasteiger partial charge in [-0.2, -0.15) is 0 Å². The summed E-state index contributed by atoms with van der Waals surface area (Å²) in [7, 11) is 0. The number of allylic oxidation sites excluding steroid dienone is 4. The molecule has 132 valence electrons. The van der Waals surface area contributed by atoms with Crippen molar-refractivity contribution >= 4 is 5.78 Å². The van der Waals surface area contributed by atoms with E-state index in [9.17, 15) is 4.79 Å². The molecule has 0 aromatic rings. The SMILES string of the molecule is C/C=C/C(=O)[C@@H]1[C@H](C)C=CCC12CCCC2.CC(C)NC(C)C. The van der Waals surface area contributed by atoms with Crippen LogP contribution in [0, 0.1) is 17.3 Å². The lowest BCUT2D eigenvalue weighted by atomic mass is 9.62. The summed E-state index contributed by atoms with van der Waals surface area (Å²) in [5.74, 6) is 0.994. The van der Waals surface area contributed by atoms with Crippen LogP contribution in [0.25, 0.3) is 0 Å². The molecule has 1 N–H and O–H groups in total. The van der Waals surface area contributed by atoms with Gasteiger partial charge in [0.1, 0.15) is 0 Å². The minimum atomic E-state index is 0.233. The molecule has 0 aliphatic heterocycles. The van der Waals surface area contributed by atoms with Gasteiger partial charge in [-0.25, -0.2) is 0 Å². The van der Waals surface area contributed by atoms with Crippen LogP contribution in [0.5, 0.6) is 0 Å². The van der Waals surface area contributed by atoms with E-state index in [0.29, 0.717) is 29.2 Å². The summed E-state index contributed by atoms with van der Waals surface area (Å²) in [5.41, 5.74) is 0.296. The normalized spacial score (nSPS) is 26.1. The Labute approximate surface area is 143 Å². The van der Waals surface area contributed by atoms with E-state index in [0.717, 1.165) is 6.42 Å². The van der Waals surface area contributed by atoms with Crippen LogP contribution < -0.4 is 5.32 Å². The van der Waals surface area contributed by atoms with E-state index in [1.807, 2.05) is 13.0 Å². The average Bonchev–Trinajstić information content (AvgIpc) is 2.86. The Balaban J connectivity index is 0.000000322. The minimum absolute atomic E-state index is 0.233. The van der Waals surface area contributed by atoms with Crippen LogP contribution in [0.2, 0.25) is 0 Å². The van der Waals surface area contributed by atoms with Crippen molar-refractivity contribution in [3.63, 3.8) is 0 Å². The molecule has 2 aliphatic rings. The van der Waals surface area contributed by atoms with Crippen molar-refractivity contribution in [1.82, 2.24) is 5.32 Å². The number of nitrogens with one attached hydrogen (secondary N) is 1. The molecule has 2 aliphatic carbocycles. The number of carbonyl (C=O) groups is 1. The first-order valence-corrected chi connectivity index (χ1v) is 9.41. The molecule has 2 rings (SSSR count). The third kappa shape index (κ3) is 5.91. The lowest BCUT2D eigenvalue weighted by molar-refractivity contribution is -0.124. The van der Waals surface area contributed by atoms with Gasteiger partial charge in [-0.15, -0.1) is 0 Å². The maximum absolute atomic E-state index is 12.2. The first kappa shape index (κ1) is 20.2. The van der Waals surface area contributed by atoms with Crippen LogP contribution >= 0.6 is 0 Å². The molecule has 0 aromatic carbocycles. The van der Waals surface area contributed by atoms with E-state index in [2.05, 4.69) is 52.1 Å². The van der Waals surface area contributed by atoms with E-state index in [4.69, 9.17) is 0 Å². The zero-order valence-corrected chi connectivity index (χ0v) is 16.1. The van der Waals surface area contributed by atoms with Gasteiger partial charge in [0.2, 0.25) is 0 Å². The number of rotatable bonds is 4. The van der Waals surface area contributed by atoms with E-state index in [-0.39, 0.29) is 5.92 Å². The lowest BCUT2D eigenvalue weighted by Gasteiger charge is -2.41. The van der Waals surface area contributed by atoms with Crippen molar-refractivity contribution in [3.8, 4) is 0 Å². The van der Waals surface area contributed by atoms with E-state index >= 15 is 0 Å². The molecule has 0 radical (unpaired) electrons. The number of ketones is 1. The highest BCUT2D eigenvalue weighted by molar-refractivity contribution is 5.92. The van der Waals surface area contributed by atoms with E-state index in [1.54, 1.807) is 6.08 Å². The molecule has 2 atom stereocenters. The number of hydrogen-bond donors (Lipinski definition) is 1. The topological polar surface area (TPSA) is 29.1 Å². The van der Waals surface area contributed by atoms with Crippen molar-refractivity contribution in [2.45, 2.75) is 85.7 Å². The second kappa shape index (κ2) is 9.42. The second-order valence-corrected chi connectivity index (χ2v) is 7.92. The molecule has 1 fully saturated rings. The molecule has 0 aromatic heterocycles. The van der Waals surface area contributed by atoms with Crippen molar-refractivity contribution in [3.05, 3.63) is 24.3 Å². The van der Waals surface area contributed by atoms with Crippen LogP contribution in [0.15, 0.2) is 24.3 Å². The molecule has 0 unspecified atom stereocenters. The van der Waals surface area contributed by atoms with Gasteiger partial charge in [0.15, 0.2) is 5.78 Å². The molecule has 0 amide bonds. The van der Waals surface area contributed by atoms with E-state index in [1.165, 1.54) is 25.7 Å². The lowest BCUT2D eigenvalue weighted by Crippen LogP contribution is -2.38. The van der Waals surface area contributed by atoms with Crippen LogP contribution in [-0.2, 0) is 4.79 Å². The van der Waals surface area contributed by atoms with Gasteiger partial charge in [-0.05, 0) is 43.6 Å². The third-order valence-corrected chi connectivity index (χ3v) is 5.05. The Morgan fingerprint density at radius 3 is 2.17 bits per heavy atom. The van der Waals surface area contributed by atoms with Crippen molar-refractivity contribution in [2.24, 2.45) is 17.3 Å². The summed E-state index contributed by atoms with van der Waals surface area (Å²) in [5, 5.41) is 3.31. The van der Waals surface area contributed by atoms with Gasteiger partial charge >= 0.3 is 0 Å². The first-order chi connectivity index (χ1) is 10.8. The molecule has 2 nitrogen and oxygen atoms in total. The smallest absolute Gasteiger partial charge is 0.159 e. The maximum Gasteiger partial charge on any atom is 0.159 e. The molecule has 0 saturated heterocycles. The summed E-state index contributed by atoms with van der Waals surface area (Å²) in [6, 6.07) is 1.25. The molecular weight excluding hydrogens is 282 g/mol. The molecule has 0 bridgehead atoms. The number of hydrogen-bond acceptors (Lipinski definition) is 2. The van der Waals surface area contributed by atoms with Crippen LogP contribution in [0.1, 0.15) is 73.6 Å². The first-order valence-electron chi connectivity index (χ1n) is 9.41. The molecule has 1 saturated carbocycles. The monoisotopic (exact) mass is 319 g/mol. The highest BCUT2D eigenvalue weighted by Crippen LogP contribution is 2.52. The Kier molecular flexibility index (Phi) is 8.25. The highest BCUT2D eigenvalue weighted by atomic mass is 16.1. The molecule has 0 heterocycles. The van der Waals surface area contributed by atoms with Gasteiger partial charge in [-0.1, -0.05) is 65.7 Å². The summed E-state index contributed by atoms with van der Waals surface area (Å²) in [6.07, 6.45) is 14.4. The van der Waals surface area contributed by atoms with Crippen molar-refractivity contribution in [1.29, 1.82) is 0 Å². The standard InChI is InChI=1S/C15H22O.C6H15N/c1-3-7-13(16)14-12(2)8-6-11-15(14)9-4-5-10-15;1-5(2)7-6(3)4/h3,6-8,12,14H,4-5,9-11H2,1-2H3;5-7H,1-4H3/b7-3+;/t12-,14+;/m1./s1. The zero-order valence-electron chi connectivity index (χ0n) is 16.1. The molecule has 2 heteroatoms. The highest BCUT2D eigenvalue weighted by Gasteiger charge is 2.46. The van der Waals surface area contributed by atoms with Crippen LogP contribution in [0.4, 0.5) is 0 Å². The zero-order chi connectivity index (χ0) is 17.5. The van der Waals surface area contributed by atoms with Gasteiger partial charge < -0.3 is 5.32 Å². The van der Waals surface area contributed by atoms with Crippen LogP contribution in [-0.4, -0.2) is 17.9 Å². The summed E-state index contributed by atoms with van der Waals surface area (Å²) >= 11 is 0. The fourth-order valence-electron chi connectivity index (χ4n) is 4.40. The van der Waals surface area contributed by atoms with Gasteiger partial charge in [0, 0.05) is 18.0 Å². The van der Waals surface area contributed by atoms with E-state index < -0.39 is 0 Å². The Bertz CT molecular complexity index is 408. The van der Waals surface area contributed by atoms with Gasteiger partial charge in [-0.3, -0.25) is 4.79 Å². The molecule has 1 spiro atoms. The summed E-state index contributed by atoms with van der Waals surface area (Å²) < 4.78 is 0. The fraction of sp³-hybridized carbons (Fsp3) is 0.762. The summed E-state index contributed by atoms with van der Waals surface area (Å²) in [4.78, 5) is 12.2. The van der Waals surface area contributed by atoms with Gasteiger partial charge in [0.05, 0.1) is 0 Å². The molecular formula is C21H37NO. The summed E-state index contributed by atoms with van der Waals surface area (Å²) in [6.45, 7) is 12.7. The Hall–Kier alpha value is -0.890.